The highest BCUT2D eigenvalue weighted by Gasteiger charge is 2.55. The molecule has 10 nitrogen and oxygen atoms in total. The van der Waals surface area contributed by atoms with Gasteiger partial charge in [-0.2, -0.15) is 5.10 Å². The minimum absolute atomic E-state index is 0.146. The number of hydrogen-bond donors (Lipinski definition) is 4. The van der Waals surface area contributed by atoms with Crippen molar-refractivity contribution in [3.8, 4) is 0 Å². The molecule has 1 unspecified atom stereocenters. The molecule has 6 atom stereocenters. The van der Waals surface area contributed by atoms with Gasteiger partial charge in [0.2, 0.25) is 0 Å². The molecule has 34 heavy (non-hydrogen) atoms. The maximum Gasteiger partial charge on any atom is 0.314 e. The van der Waals surface area contributed by atoms with Gasteiger partial charge in [0.15, 0.2) is 5.82 Å². The van der Waals surface area contributed by atoms with E-state index in [2.05, 4.69) is 25.3 Å². The minimum Gasteiger partial charge on any atom is -0.390 e. The predicted octanol–water partition coefficient (Wildman–Crippen LogP) is 1.87. The SMILES string of the molecule is O=C(Nc1nn([C@H]2[C@@H]3CC4C[C@H]2C[C@@](O)(C4)C3)c2c1cnc1[nH]ccc12)C(=O)N[C@@H]1CCOC1. The summed E-state index contributed by atoms with van der Waals surface area (Å²) < 4.78 is 7.34. The number of aromatic nitrogens is 4. The number of aromatic amines is 1. The van der Waals surface area contributed by atoms with Crippen molar-refractivity contribution in [1.29, 1.82) is 0 Å². The van der Waals surface area contributed by atoms with E-state index < -0.39 is 17.4 Å². The maximum absolute atomic E-state index is 12.8. The molecule has 0 spiro atoms. The Morgan fingerprint density at radius 3 is 2.74 bits per heavy atom. The summed E-state index contributed by atoms with van der Waals surface area (Å²) in [5.41, 5.74) is 1.13. The van der Waals surface area contributed by atoms with E-state index in [1.807, 2.05) is 12.3 Å². The molecule has 0 radical (unpaired) electrons. The highest BCUT2D eigenvalue weighted by molar-refractivity contribution is 6.40. The van der Waals surface area contributed by atoms with Crippen LogP contribution in [0.5, 0.6) is 0 Å². The van der Waals surface area contributed by atoms with Crippen molar-refractivity contribution in [2.24, 2.45) is 17.8 Å². The first-order valence-corrected chi connectivity index (χ1v) is 12.2. The van der Waals surface area contributed by atoms with Gasteiger partial charge >= 0.3 is 11.8 Å². The van der Waals surface area contributed by atoms with E-state index in [0.717, 1.165) is 48.7 Å². The average Bonchev–Trinajstić information content (AvgIpc) is 3.52. The topological polar surface area (TPSA) is 134 Å². The predicted molar refractivity (Wildman–Crippen MR) is 123 cm³/mol. The number of carbonyl (C=O) groups is 2. The van der Waals surface area contributed by atoms with Gasteiger partial charge in [-0.15, -0.1) is 0 Å². The van der Waals surface area contributed by atoms with Crippen molar-refractivity contribution in [2.75, 3.05) is 18.5 Å². The second-order valence-corrected chi connectivity index (χ2v) is 10.7. The van der Waals surface area contributed by atoms with Crippen LogP contribution in [0.3, 0.4) is 0 Å². The second kappa shape index (κ2) is 7.26. The number of nitrogens with zero attached hydrogens (tertiary/aromatic N) is 3. The molecular weight excluding hydrogens is 436 g/mol. The van der Waals surface area contributed by atoms with Crippen LogP contribution >= 0.6 is 0 Å². The lowest BCUT2D eigenvalue weighted by molar-refractivity contribution is -0.148. The Hall–Kier alpha value is -2.98. The zero-order valence-electron chi connectivity index (χ0n) is 18.8. The normalized spacial score (nSPS) is 34.2. The summed E-state index contributed by atoms with van der Waals surface area (Å²) in [6, 6.07) is 1.98. The summed E-state index contributed by atoms with van der Waals surface area (Å²) in [5, 5.41) is 23.1. The third-order valence-corrected chi connectivity index (χ3v) is 8.43. The van der Waals surface area contributed by atoms with E-state index >= 15 is 0 Å². The molecule has 3 aromatic rings. The van der Waals surface area contributed by atoms with Gasteiger partial charge in [0.1, 0.15) is 5.65 Å². The number of nitrogens with one attached hydrogen (secondary N) is 3. The third-order valence-electron chi connectivity index (χ3n) is 8.43. The number of amides is 2. The molecule has 4 bridgehead atoms. The standard InChI is InChI=1S/C24H28N6O4/c31-22(27-15-2-4-34-11-15)23(32)28-21-17-10-26-20-16(1-3-25-20)19(17)30(29-21)18-13-5-12-6-14(18)9-24(33,7-12)8-13/h1,3,10,12-15,18,33H,2,4-9,11H2,(H,25,26)(H,27,31)(H,28,29,32)/t12?,13-,14+,15-,18+,24-/m1/s1. The number of hydrogen-bond acceptors (Lipinski definition) is 6. The minimum atomic E-state index is -0.744. The van der Waals surface area contributed by atoms with Crippen molar-refractivity contribution >= 4 is 39.6 Å². The van der Waals surface area contributed by atoms with E-state index in [0.29, 0.717) is 48.6 Å². The van der Waals surface area contributed by atoms with Crippen LogP contribution in [0.25, 0.3) is 21.9 Å². The zero-order valence-corrected chi connectivity index (χ0v) is 18.8. The summed E-state index contributed by atoms with van der Waals surface area (Å²) in [7, 11) is 0. The summed E-state index contributed by atoms with van der Waals surface area (Å²) in [4.78, 5) is 32.9. The summed E-state index contributed by atoms with van der Waals surface area (Å²) >= 11 is 0. The Labute approximate surface area is 195 Å². The van der Waals surface area contributed by atoms with Gasteiger partial charge in [-0.3, -0.25) is 14.3 Å². The molecule has 4 aliphatic carbocycles. The third kappa shape index (κ3) is 3.08. The molecule has 10 heteroatoms. The van der Waals surface area contributed by atoms with E-state index in [1.165, 1.54) is 0 Å². The number of fused-ring (bicyclic) bond motifs is 3. The Morgan fingerprint density at radius 1 is 1.18 bits per heavy atom. The Balaban J connectivity index is 1.27. The van der Waals surface area contributed by atoms with Gasteiger partial charge in [0.05, 0.1) is 35.2 Å². The molecule has 4 heterocycles. The number of ether oxygens (including phenoxy) is 1. The van der Waals surface area contributed by atoms with Gasteiger partial charge in [0, 0.05) is 24.4 Å². The fourth-order valence-electron chi connectivity index (χ4n) is 7.35. The maximum atomic E-state index is 12.8. The molecular formula is C24H28N6O4. The lowest BCUT2D eigenvalue weighted by atomic mass is 9.52. The first-order valence-electron chi connectivity index (χ1n) is 12.2. The molecule has 4 saturated carbocycles. The van der Waals surface area contributed by atoms with Crippen LogP contribution in [0.1, 0.15) is 44.6 Å². The van der Waals surface area contributed by atoms with Crippen LogP contribution in [-0.4, -0.2) is 61.5 Å². The van der Waals surface area contributed by atoms with Crippen molar-refractivity contribution in [1.82, 2.24) is 25.1 Å². The van der Waals surface area contributed by atoms with Gasteiger partial charge in [-0.05, 0) is 62.3 Å². The smallest absolute Gasteiger partial charge is 0.314 e. The van der Waals surface area contributed by atoms with Gasteiger partial charge < -0.3 is 25.5 Å². The Kier molecular flexibility index (Phi) is 4.35. The fourth-order valence-corrected chi connectivity index (χ4v) is 7.35. The molecule has 3 aromatic heterocycles. The van der Waals surface area contributed by atoms with Crippen LogP contribution in [0.15, 0.2) is 18.5 Å². The monoisotopic (exact) mass is 464 g/mol. The first-order chi connectivity index (χ1) is 16.5. The van der Waals surface area contributed by atoms with Crippen molar-refractivity contribution in [3.05, 3.63) is 18.5 Å². The molecule has 1 aliphatic heterocycles. The van der Waals surface area contributed by atoms with E-state index in [1.54, 1.807) is 6.20 Å². The number of anilines is 1. The molecule has 2 amide bonds. The lowest BCUT2D eigenvalue weighted by Gasteiger charge is -2.57. The molecule has 1 saturated heterocycles. The van der Waals surface area contributed by atoms with Crippen LogP contribution < -0.4 is 10.6 Å². The number of rotatable bonds is 3. The molecule has 0 aromatic carbocycles. The highest BCUT2D eigenvalue weighted by Crippen LogP contribution is 2.60. The molecule has 4 N–H and O–H groups in total. The van der Waals surface area contributed by atoms with Gasteiger partial charge in [-0.25, -0.2) is 4.98 Å². The molecule has 5 fully saturated rings. The van der Waals surface area contributed by atoms with Crippen LogP contribution in [0, 0.1) is 17.8 Å². The fraction of sp³-hybridized carbons (Fsp3) is 0.583. The largest absolute Gasteiger partial charge is 0.390 e. The Bertz CT molecular complexity index is 1290. The summed E-state index contributed by atoms with van der Waals surface area (Å²) in [5.74, 6) is 0.182. The molecule has 8 rings (SSSR count). The van der Waals surface area contributed by atoms with Crippen molar-refractivity contribution in [3.63, 3.8) is 0 Å². The lowest BCUT2D eigenvalue weighted by Crippen LogP contribution is -2.55. The van der Waals surface area contributed by atoms with Crippen molar-refractivity contribution < 1.29 is 19.4 Å². The van der Waals surface area contributed by atoms with E-state index in [-0.39, 0.29) is 12.1 Å². The average molecular weight is 465 g/mol. The van der Waals surface area contributed by atoms with Crippen molar-refractivity contribution in [2.45, 2.75) is 56.2 Å². The number of pyridine rings is 1. The number of aliphatic hydroxyl groups is 1. The molecule has 5 aliphatic rings. The van der Waals surface area contributed by atoms with Crippen LogP contribution in [0.4, 0.5) is 5.82 Å². The first kappa shape index (κ1) is 20.4. The van der Waals surface area contributed by atoms with Crippen LogP contribution in [-0.2, 0) is 14.3 Å². The molecule has 178 valence electrons. The zero-order chi connectivity index (χ0) is 23.0. The summed E-state index contributed by atoms with van der Waals surface area (Å²) in [6.07, 6.45) is 8.95. The number of carbonyl (C=O) groups excluding carboxylic acids is 2. The Morgan fingerprint density at radius 2 is 2.00 bits per heavy atom. The van der Waals surface area contributed by atoms with Crippen LogP contribution in [0.2, 0.25) is 0 Å². The van der Waals surface area contributed by atoms with Gasteiger partial charge in [0.25, 0.3) is 0 Å². The second-order valence-electron chi connectivity index (χ2n) is 10.7. The quantitative estimate of drug-likeness (QED) is 0.437. The van der Waals surface area contributed by atoms with E-state index in [9.17, 15) is 14.7 Å². The highest BCUT2D eigenvalue weighted by atomic mass is 16.5. The van der Waals surface area contributed by atoms with E-state index in [4.69, 9.17) is 9.84 Å². The summed E-state index contributed by atoms with van der Waals surface area (Å²) in [6.45, 7) is 1.00. The van der Waals surface area contributed by atoms with Gasteiger partial charge in [-0.1, -0.05) is 0 Å². The number of H-pyrrole nitrogens is 1.